The van der Waals surface area contributed by atoms with Crippen LogP contribution in [0.15, 0.2) is 10.5 Å². The second-order valence-corrected chi connectivity index (χ2v) is 2.05. The third-order valence-electron chi connectivity index (χ3n) is 1.35. The largest absolute Gasteiger partial charge is 0.462 e. The molecule has 0 N–H and O–H groups in total. The molecule has 9 heavy (non-hydrogen) atoms. The molecule has 0 saturated heterocycles. The lowest BCUT2D eigenvalue weighted by molar-refractivity contribution is 0.523. The van der Waals surface area contributed by atoms with Crippen LogP contribution in [0, 0.1) is 20.4 Å². The lowest BCUT2D eigenvalue weighted by atomic mass is 10.3. The van der Waals surface area contributed by atoms with Crippen LogP contribution in [-0.2, 0) is 0 Å². The number of hydrogen-bond acceptors (Lipinski definition) is 1. The molecule has 1 heteroatoms. The topological polar surface area (TPSA) is 13.1 Å². The Morgan fingerprint density at radius 2 is 2.22 bits per heavy atom. The van der Waals surface area contributed by atoms with E-state index in [1.54, 1.807) is 0 Å². The second-order valence-electron chi connectivity index (χ2n) is 2.05. The Morgan fingerprint density at radius 1 is 1.56 bits per heavy atom. The van der Waals surface area contributed by atoms with E-state index in [-0.39, 0.29) is 0 Å². The van der Waals surface area contributed by atoms with Crippen molar-refractivity contribution in [1.82, 2.24) is 0 Å². The van der Waals surface area contributed by atoms with Gasteiger partial charge in [-0.05, 0) is 31.6 Å². The molecule has 0 fully saturated rings. The van der Waals surface area contributed by atoms with Crippen LogP contribution in [0.3, 0.4) is 0 Å². The molecule has 0 aliphatic rings. The van der Waals surface area contributed by atoms with Crippen molar-refractivity contribution in [3.63, 3.8) is 0 Å². The third kappa shape index (κ3) is 1.04. The maximum absolute atomic E-state index is 5.21. The van der Waals surface area contributed by atoms with Crippen LogP contribution < -0.4 is 0 Å². The number of hydrogen-bond donors (Lipinski definition) is 0. The third-order valence-corrected chi connectivity index (χ3v) is 1.35. The van der Waals surface area contributed by atoms with Crippen molar-refractivity contribution in [1.29, 1.82) is 0 Å². The fourth-order valence-corrected chi connectivity index (χ4v) is 0.684. The molecule has 1 radical (unpaired) electrons. The smallest absolute Gasteiger partial charge is 0.127 e. The first-order chi connectivity index (χ1) is 4.24. The second kappa shape index (κ2) is 2.09. The minimum atomic E-state index is 0.741. The Kier molecular flexibility index (Phi) is 1.43. The number of aryl methyl sites for hydroxylation is 2. The molecule has 1 nitrogen and oxygen atoms in total. The van der Waals surface area contributed by atoms with E-state index < -0.39 is 0 Å². The highest BCUT2D eigenvalue weighted by Crippen LogP contribution is 2.12. The lowest BCUT2D eigenvalue weighted by Crippen LogP contribution is -1.63. The summed E-state index contributed by atoms with van der Waals surface area (Å²) in [5.74, 6) is 1.68. The van der Waals surface area contributed by atoms with Gasteiger partial charge in [-0.25, -0.2) is 0 Å². The van der Waals surface area contributed by atoms with E-state index in [9.17, 15) is 0 Å². The van der Waals surface area contributed by atoms with Gasteiger partial charge in [0.15, 0.2) is 0 Å². The van der Waals surface area contributed by atoms with Gasteiger partial charge < -0.3 is 4.42 Å². The number of furan rings is 1. The lowest BCUT2D eigenvalue weighted by Gasteiger charge is -1.81. The molecule has 1 rings (SSSR count). The first-order valence-electron chi connectivity index (χ1n) is 2.86. The van der Waals surface area contributed by atoms with Crippen LogP contribution in [0.1, 0.15) is 17.1 Å². The van der Waals surface area contributed by atoms with E-state index in [0.29, 0.717) is 0 Å². The van der Waals surface area contributed by atoms with Gasteiger partial charge in [0.1, 0.15) is 11.5 Å². The molecule has 0 bridgehead atoms. The van der Waals surface area contributed by atoms with Gasteiger partial charge in [0.2, 0.25) is 0 Å². The van der Waals surface area contributed by atoms with E-state index in [0.717, 1.165) is 17.1 Å². The summed E-state index contributed by atoms with van der Waals surface area (Å²) in [7, 11) is 0. The molecule has 0 amide bonds. The standard InChI is InChI=1S/C8H9O/c1-4-8-5-6(2)7(3)9-8/h1,4-5H,2-3H3. The molecule has 1 heterocycles. The molecule has 0 atom stereocenters. The predicted molar refractivity (Wildman–Crippen MR) is 36.9 cm³/mol. The van der Waals surface area contributed by atoms with Crippen molar-refractivity contribution in [2.75, 3.05) is 0 Å². The minimum absolute atomic E-state index is 0.741. The monoisotopic (exact) mass is 121 g/mol. The SMILES string of the molecule is [CH]=Cc1cc(C)c(C)o1. The predicted octanol–water partition coefficient (Wildman–Crippen LogP) is 2.34. The molecule has 1 aromatic heterocycles. The van der Waals surface area contributed by atoms with Gasteiger partial charge in [0, 0.05) is 0 Å². The fraction of sp³-hybridized carbons (Fsp3) is 0.250. The van der Waals surface area contributed by atoms with E-state index in [1.807, 2.05) is 19.9 Å². The molecule has 0 aromatic carbocycles. The summed E-state index contributed by atoms with van der Waals surface area (Å²) in [6, 6.07) is 1.91. The van der Waals surface area contributed by atoms with Gasteiger partial charge in [0.25, 0.3) is 0 Å². The zero-order valence-corrected chi connectivity index (χ0v) is 5.64. The summed E-state index contributed by atoms with van der Waals surface area (Å²) >= 11 is 0. The molecule has 47 valence electrons. The maximum Gasteiger partial charge on any atom is 0.127 e. The highest BCUT2D eigenvalue weighted by Gasteiger charge is 1.97. The molecule has 0 saturated carbocycles. The zero-order valence-electron chi connectivity index (χ0n) is 5.64. The van der Waals surface area contributed by atoms with E-state index in [4.69, 9.17) is 11.0 Å². The Labute approximate surface area is 55.0 Å². The van der Waals surface area contributed by atoms with E-state index in [2.05, 4.69) is 0 Å². The summed E-state index contributed by atoms with van der Waals surface area (Å²) in [6.07, 6.45) is 1.46. The molecular formula is C8H9O. The van der Waals surface area contributed by atoms with E-state index >= 15 is 0 Å². The van der Waals surface area contributed by atoms with Gasteiger partial charge >= 0.3 is 0 Å². The Balaban J connectivity index is 3.11. The zero-order chi connectivity index (χ0) is 6.85. The first kappa shape index (κ1) is 6.14. The Hall–Kier alpha value is -0.980. The first-order valence-corrected chi connectivity index (χ1v) is 2.86. The van der Waals surface area contributed by atoms with Gasteiger partial charge in [-0.2, -0.15) is 0 Å². The van der Waals surface area contributed by atoms with Gasteiger partial charge in [-0.15, -0.1) is 0 Å². The summed E-state index contributed by atoms with van der Waals surface area (Å²) < 4.78 is 5.18. The maximum atomic E-state index is 5.21. The summed E-state index contributed by atoms with van der Waals surface area (Å²) in [4.78, 5) is 0. The van der Waals surface area contributed by atoms with Crippen molar-refractivity contribution >= 4 is 6.08 Å². The molecule has 0 aliphatic carbocycles. The highest BCUT2D eigenvalue weighted by atomic mass is 16.3. The minimum Gasteiger partial charge on any atom is -0.462 e. The van der Waals surface area contributed by atoms with Crippen molar-refractivity contribution in [3.05, 3.63) is 29.7 Å². The Bertz CT molecular complexity index is 201. The van der Waals surface area contributed by atoms with Gasteiger partial charge in [-0.1, -0.05) is 6.58 Å². The average Bonchev–Trinajstić information content (AvgIpc) is 2.13. The molecule has 0 unspecified atom stereocenters. The van der Waals surface area contributed by atoms with Gasteiger partial charge in [0.05, 0.1) is 0 Å². The van der Waals surface area contributed by atoms with Crippen molar-refractivity contribution in [3.8, 4) is 0 Å². The molecule has 0 aliphatic heterocycles. The average molecular weight is 121 g/mol. The Morgan fingerprint density at radius 3 is 2.44 bits per heavy atom. The highest BCUT2D eigenvalue weighted by molar-refractivity contribution is 5.40. The summed E-state index contributed by atoms with van der Waals surface area (Å²) in [5, 5.41) is 0. The van der Waals surface area contributed by atoms with Gasteiger partial charge in [-0.3, -0.25) is 0 Å². The van der Waals surface area contributed by atoms with Crippen LogP contribution in [-0.4, -0.2) is 0 Å². The number of rotatable bonds is 1. The fourth-order valence-electron chi connectivity index (χ4n) is 0.684. The van der Waals surface area contributed by atoms with Crippen LogP contribution >= 0.6 is 0 Å². The summed E-state index contributed by atoms with van der Waals surface area (Å²) in [5.41, 5.74) is 1.15. The van der Waals surface area contributed by atoms with Crippen LogP contribution in [0.2, 0.25) is 0 Å². The van der Waals surface area contributed by atoms with E-state index in [1.165, 1.54) is 6.08 Å². The van der Waals surface area contributed by atoms with Crippen LogP contribution in [0.5, 0.6) is 0 Å². The molecule has 1 aromatic rings. The van der Waals surface area contributed by atoms with Crippen LogP contribution in [0.4, 0.5) is 0 Å². The van der Waals surface area contributed by atoms with Crippen LogP contribution in [0.25, 0.3) is 6.08 Å². The normalized spacial score (nSPS) is 9.56. The quantitative estimate of drug-likeness (QED) is 0.555. The summed E-state index contributed by atoms with van der Waals surface area (Å²) in [6.45, 7) is 9.12. The molecular weight excluding hydrogens is 112 g/mol. The van der Waals surface area contributed by atoms with Crippen molar-refractivity contribution < 1.29 is 4.42 Å². The van der Waals surface area contributed by atoms with Crippen molar-refractivity contribution in [2.45, 2.75) is 13.8 Å². The van der Waals surface area contributed by atoms with Crippen molar-refractivity contribution in [2.24, 2.45) is 0 Å². The molecule has 0 spiro atoms.